The summed E-state index contributed by atoms with van der Waals surface area (Å²) in [6.07, 6.45) is 1.46. The van der Waals surface area contributed by atoms with Gasteiger partial charge in [-0.05, 0) is 30.3 Å². The Bertz CT molecular complexity index is 855. The molecular formula is C15H10Cl2N4O2S. The van der Waals surface area contributed by atoms with Crippen LogP contribution in [-0.2, 0) is 4.79 Å². The molecule has 0 bridgehead atoms. The number of pyridine rings is 1. The van der Waals surface area contributed by atoms with Crippen molar-refractivity contribution in [3.05, 3.63) is 52.6 Å². The highest BCUT2D eigenvalue weighted by atomic mass is 35.5. The van der Waals surface area contributed by atoms with Crippen molar-refractivity contribution in [2.24, 2.45) is 0 Å². The van der Waals surface area contributed by atoms with Gasteiger partial charge in [-0.15, -0.1) is 10.2 Å². The Balaban J connectivity index is 1.57. The number of thioether (sulfide) groups is 1. The molecule has 0 aliphatic carbocycles. The van der Waals surface area contributed by atoms with Crippen LogP contribution in [-0.4, -0.2) is 26.8 Å². The lowest BCUT2D eigenvalue weighted by Gasteiger charge is -2.02. The van der Waals surface area contributed by atoms with Crippen molar-refractivity contribution in [2.45, 2.75) is 5.22 Å². The molecule has 0 fully saturated rings. The number of rotatable bonds is 5. The average Bonchev–Trinajstić information content (AvgIpc) is 3.04. The summed E-state index contributed by atoms with van der Waals surface area (Å²) in [7, 11) is 0. The van der Waals surface area contributed by atoms with Gasteiger partial charge in [0.05, 0.1) is 10.8 Å². The third-order valence-electron chi connectivity index (χ3n) is 2.80. The summed E-state index contributed by atoms with van der Waals surface area (Å²) in [5.41, 5.74) is 0.719. The normalized spacial score (nSPS) is 10.6. The van der Waals surface area contributed by atoms with Crippen molar-refractivity contribution in [3.8, 4) is 11.5 Å². The van der Waals surface area contributed by atoms with Gasteiger partial charge >= 0.3 is 0 Å². The molecule has 2 heterocycles. The number of anilines is 1. The molecule has 0 radical (unpaired) electrons. The van der Waals surface area contributed by atoms with Gasteiger partial charge in [-0.2, -0.15) is 0 Å². The lowest BCUT2D eigenvalue weighted by Crippen LogP contribution is -2.14. The molecule has 0 saturated heterocycles. The van der Waals surface area contributed by atoms with Gasteiger partial charge in [0, 0.05) is 16.8 Å². The quantitative estimate of drug-likeness (QED) is 0.668. The van der Waals surface area contributed by atoms with Crippen molar-refractivity contribution in [1.29, 1.82) is 0 Å². The van der Waals surface area contributed by atoms with Gasteiger partial charge < -0.3 is 9.73 Å². The first kappa shape index (κ1) is 16.8. The van der Waals surface area contributed by atoms with Gasteiger partial charge in [0.1, 0.15) is 5.82 Å². The summed E-state index contributed by atoms with van der Waals surface area (Å²) in [5.74, 6) is 0.647. The van der Waals surface area contributed by atoms with Gasteiger partial charge in [-0.3, -0.25) is 4.79 Å². The number of nitrogens with one attached hydrogen (secondary N) is 1. The molecule has 0 aliphatic rings. The van der Waals surface area contributed by atoms with Crippen LogP contribution in [0.15, 0.2) is 52.2 Å². The summed E-state index contributed by atoms with van der Waals surface area (Å²) in [4.78, 5) is 15.9. The zero-order valence-electron chi connectivity index (χ0n) is 12.1. The molecule has 1 aromatic carbocycles. The van der Waals surface area contributed by atoms with Gasteiger partial charge in [0.15, 0.2) is 0 Å². The van der Waals surface area contributed by atoms with Crippen LogP contribution in [0.5, 0.6) is 0 Å². The summed E-state index contributed by atoms with van der Waals surface area (Å²) < 4.78 is 5.51. The van der Waals surface area contributed by atoms with Gasteiger partial charge in [-0.1, -0.05) is 41.0 Å². The molecule has 6 nitrogen and oxygen atoms in total. The van der Waals surface area contributed by atoms with E-state index in [1.54, 1.807) is 30.3 Å². The first-order valence-corrected chi connectivity index (χ1v) is 8.48. The molecule has 1 N–H and O–H groups in total. The number of nitrogens with zero attached hydrogens (tertiary/aromatic N) is 3. The van der Waals surface area contributed by atoms with Crippen molar-refractivity contribution < 1.29 is 9.21 Å². The van der Waals surface area contributed by atoms with Gasteiger partial charge in [0.2, 0.25) is 11.8 Å². The van der Waals surface area contributed by atoms with E-state index in [1.165, 1.54) is 6.20 Å². The Labute approximate surface area is 151 Å². The fourth-order valence-electron chi connectivity index (χ4n) is 1.76. The van der Waals surface area contributed by atoms with E-state index >= 15 is 0 Å². The third-order valence-corrected chi connectivity index (χ3v) is 4.08. The third kappa shape index (κ3) is 4.47. The molecule has 24 heavy (non-hydrogen) atoms. The summed E-state index contributed by atoms with van der Waals surface area (Å²) in [5, 5.41) is 11.9. The predicted molar refractivity (Wildman–Crippen MR) is 93.3 cm³/mol. The maximum atomic E-state index is 11.9. The van der Waals surface area contributed by atoms with E-state index in [2.05, 4.69) is 20.5 Å². The van der Waals surface area contributed by atoms with Crippen LogP contribution in [0.2, 0.25) is 10.0 Å². The molecule has 3 aromatic rings. The zero-order chi connectivity index (χ0) is 16.9. The second-order valence-electron chi connectivity index (χ2n) is 4.58. The highest BCUT2D eigenvalue weighted by Gasteiger charge is 2.12. The smallest absolute Gasteiger partial charge is 0.277 e. The van der Waals surface area contributed by atoms with E-state index in [1.807, 2.05) is 6.07 Å². The number of carbonyl (C=O) groups is 1. The Morgan fingerprint density at radius 3 is 2.79 bits per heavy atom. The van der Waals surface area contributed by atoms with Crippen LogP contribution >= 0.6 is 35.0 Å². The monoisotopic (exact) mass is 380 g/mol. The van der Waals surface area contributed by atoms with E-state index in [0.29, 0.717) is 27.0 Å². The second-order valence-corrected chi connectivity index (χ2v) is 6.38. The van der Waals surface area contributed by atoms with Crippen LogP contribution < -0.4 is 5.32 Å². The molecule has 1 amide bonds. The molecule has 0 saturated carbocycles. The molecule has 2 aromatic heterocycles. The minimum absolute atomic E-state index is 0.113. The average molecular weight is 381 g/mol. The highest BCUT2D eigenvalue weighted by molar-refractivity contribution is 7.99. The number of hydrogen-bond donors (Lipinski definition) is 1. The number of aromatic nitrogens is 3. The molecule has 0 aliphatic heterocycles. The van der Waals surface area contributed by atoms with Crippen molar-refractivity contribution in [1.82, 2.24) is 15.2 Å². The van der Waals surface area contributed by atoms with Gasteiger partial charge in [-0.25, -0.2) is 4.98 Å². The predicted octanol–water partition coefficient (Wildman–Crippen LogP) is 4.17. The Morgan fingerprint density at radius 1 is 1.17 bits per heavy atom. The molecule has 0 atom stereocenters. The first-order chi connectivity index (χ1) is 11.6. The molecule has 122 valence electrons. The fraction of sp³-hybridized carbons (Fsp3) is 0.0667. The number of carbonyl (C=O) groups excluding carboxylic acids is 1. The van der Waals surface area contributed by atoms with Crippen molar-refractivity contribution in [3.63, 3.8) is 0 Å². The summed E-state index contributed by atoms with van der Waals surface area (Å²) in [6, 6.07) is 10.4. The van der Waals surface area contributed by atoms with E-state index < -0.39 is 0 Å². The second kappa shape index (κ2) is 7.65. The molecule has 9 heteroatoms. The van der Waals surface area contributed by atoms with Crippen LogP contribution in [0.3, 0.4) is 0 Å². The zero-order valence-corrected chi connectivity index (χ0v) is 14.4. The molecule has 0 unspecified atom stereocenters. The fourth-order valence-corrected chi connectivity index (χ4v) is 2.63. The molecule has 3 rings (SSSR count). The maximum Gasteiger partial charge on any atom is 0.277 e. The molecule has 0 spiro atoms. The van der Waals surface area contributed by atoms with Crippen LogP contribution in [0.25, 0.3) is 11.5 Å². The summed E-state index contributed by atoms with van der Waals surface area (Å²) in [6.45, 7) is 0. The topological polar surface area (TPSA) is 80.9 Å². The lowest BCUT2D eigenvalue weighted by molar-refractivity contribution is -0.113. The SMILES string of the molecule is O=C(CSc1nnc(-c2cccc(Cl)c2)o1)Nc1ccc(Cl)cn1. The van der Waals surface area contributed by atoms with E-state index in [4.69, 9.17) is 27.6 Å². The van der Waals surface area contributed by atoms with E-state index in [9.17, 15) is 4.79 Å². The number of benzene rings is 1. The Hall–Kier alpha value is -2.09. The van der Waals surface area contributed by atoms with Crippen molar-refractivity contribution in [2.75, 3.05) is 11.1 Å². The summed E-state index contributed by atoms with van der Waals surface area (Å²) >= 11 is 12.8. The minimum atomic E-state index is -0.239. The van der Waals surface area contributed by atoms with E-state index in [0.717, 1.165) is 17.3 Å². The number of hydrogen-bond acceptors (Lipinski definition) is 6. The first-order valence-electron chi connectivity index (χ1n) is 6.74. The van der Waals surface area contributed by atoms with Gasteiger partial charge in [0.25, 0.3) is 5.22 Å². The van der Waals surface area contributed by atoms with Crippen LogP contribution in [0.1, 0.15) is 0 Å². The lowest BCUT2D eigenvalue weighted by atomic mass is 10.2. The minimum Gasteiger partial charge on any atom is -0.411 e. The largest absolute Gasteiger partial charge is 0.411 e. The maximum absolute atomic E-state index is 11.9. The highest BCUT2D eigenvalue weighted by Crippen LogP contribution is 2.25. The van der Waals surface area contributed by atoms with E-state index in [-0.39, 0.29) is 11.7 Å². The molecular weight excluding hydrogens is 371 g/mol. The van der Waals surface area contributed by atoms with Crippen molar-refractivity contribution >= 4 is 46.7 Å². The Kier molecular flexibility index (Phi) is 5.34. The van der Waals surface area contributed by atoms with Crippen LogP contribution in [0, 0.1) is 0 Å². The number of halogens is 2. The van der Waals surface area contributed by atoms with Crippen LogP contribution in [0.4, 0.5) is 5.82 Å². The Morgan fingerprint density at radius 2 is 2.04 bits per heavy atom. The standard InChI is InChI=1S/C15H10Cl2N4O2S/c16-10-3-1-2-9(6-10)14-20-21-15(23-14)24-8-13(22)19-12-5-4-11(17)7-18-12/h1-7H,8H2,(H,18,19,22). The number of amides is 1.